The molecule has 0 unspecified atom stereocenters. The second-order valence-corrected chi connectivity index (χ2v) is 16.2. The van der Waals surface area contributed by atoms with Gasteiger partial charge in [-0.25, -0.2) is 0 Å². The normalized spacial score (nSPS) is 17.7. The molecule has 0 bridgehead atoms. The zero-order valence-electron chi connectivity index (χ0n) is 24.1. The summed E-state index contributed by atoms with van der Waals surface area (Å²) in [5.74, 6) is -1.06. The van der Waals surface area contributed by atoms with E-state index < -0.39 is 26.2 Å². The Kier molecular flexibility index (Phi) is 7.16. The van der Waals surface area contributed by atoms with E-state index in [1.807, 2.05) is 42.5 Å². The van der Waals surface area contributed by atoms with E-state index in [4.69, 9.17) is 4.43 Å². The molecule has 7 heteroatoms. The molecule has 1 fully saturated rings. The van der Waals surface area contributed by atoms with Crippen LogP contribution in [0.3, 0.4) is 0 Å². The lowest BCUT2D eigenvalue weighted by molar-refractivity contribution is -0.152. The molecule has 2 atom stereocenters. The highest BCUT2D eigenvalue weighted by Gasteiger charge is 2.54. The summed E-state index contributed by atoms with van der Waals surface area (Å²) in [6.45, 7) is 7.21. The van der Waals surface area contributed by atoms with Crippen LogP contribution in [0.1, 0.15) is 53.1 Å². The fourth-order valence-corrected chi connectivity index (χ4v) is 11.0. The first-order valence-electron chi connectivity index (χ1n) is 14.3. The number of fused-ring (bicyclic) bond motifs is 1. The van der Waals surface area contributed by atoms with Crippen molar-refractivity contribution in [1.29, 1.82) is 0 Å². The number of likely N-dealkylation sites (tertiary alicyclic amines) is 1. The molecule has 212 valence electrons. The second-order valence-electron chi connectivity index (χ2n) is 11.9. The average molecular weight is 575 g/mol. The summed E-state index contributed by atoms with van der Waals surface area (Å²) in [4.78, 5) is 42.9. The summed E-state index contributed by atoms with van der Waals surface area (Å²) in [5, 5.41) is 2.10. The third kappa shape index (κ3) is 4.49. The van der Waals surface area contributed by atoms with Gasteiger partial charge in [0.1, 0.15) is 6.04 Å². The maximum Gasteiger partial charge on any atom is 0.262 e. The summed E-state index contributed by atoms with van der Waals surface area (Å²) < 4.78 is 7.24. The Morgan fingerprint density at radius 3 is 1.62 bits per heavy atom. The summed E-state index contributed by atoms with van der Waals surface area (Å²) >= 11 is 0. The molecule has 0 N–H and O–H groups in total. The van der Waals surface area contributed by atoms with Crippen molar-refractivity contribution < 1.29 is 18.8 Å². The molecule has 4 aromatic carbocycles. The van der Waals surface area contributed by atoms with Gasteiger partial charge in [-0.2, -0.15) is 0 Å². The number of amides is 3. The molecule has 6 rings (SSSR count). The highest BCUT2D eigenvalue weighted by atomic mass is 28.4. The van der Waals surface area contributed by atoms with Gasteiger partial charge < -0.3 is 9.33 Å². The molecular formula is C35H34N2O4Si. The van der Waals surface area contributed by atoms with Gasteiger partial charge in [-0.05, 0) is 33.1 Å². The fourth-order valence-electron chi connectivity index (χ4n) is 6.40. The van der Waals surface area contributed by atoms with E-state index in [9.17, 15) is 14.4 Å². The topological polar surface area (TPSA) is 66.9 Å². The number of nitrogens with zero attached hydrogens (tertiary/aromatic N) is 2. The quantitative estimate of drug-likeness (QED) is 0.172. The predicted octanol–water partition coefficient (Wildman–Crippen LogP) is 4.81. The Labute approximate surface area is 247 Å². The van der Waals surface area contributed by atoms with Crippen molar-refractivity contribution >= 4 is 36.4 Å². The van der Waals surface area contributed by atoms with Crippen LogP contribution in [0.25, 0.3) is 0 Å². The lowest BCUT2D eigenvalue weighted by Crippen LogP contribution is -2.68. The second kappa shape index (κ2) is 10.8. The number of rotatable bonds is 8. The van der Waals surface area contributed by atoms with Crippen LogP contribution in [0.5, 0.6) is 0 Å². The summed E-state index contributed by atoms with van der Waals surface area (Å²) in [7, 11) is -2.87. The molecule has 2 heterocycles. The minimum atomic E-state index is -2.87. The molecule has 4 aromatic rings. The minimum Gasteiger partial charge on any atom is -0.405 e. The summed E-state index contributed by atoms with van der Waals surface area (Å²) in [6.07, 6.45) is 0. The van der Waals surface area contributed by atoms with Crippen molar-refractivity contribution in [3.05, 3.63) is 132 Å². The van der Waals surface area contributed by atoms with Crippen molar-refractivity contribution in [2.24, 2.45) is 0 Å². The van der Waals surface area contributed by atoms with E-state index in [1.165, 1.54) is 0 Å². The van der Waals surface area contributed by atoms with E-state index in [0.717, 1.165) is 20.8 Å². The molecule has 42 heavy (non-hydrogen) atoms. The fraction of sp³-hybridized carbons (Fsp3) is 0.229. The number of hydrogen-bond donors (Lipinski definition) is 0. The van der Waals surface area contributed by atoms with Gasteiger partial charge in [0, 0.05) is 0 Å². The Bertz CT molecular complexity index is 1540. The van der Waals surface area contributed by atoms with Crippen molar-refractivity contribution in [3.63, 3.8) is 0 Å². The molecule has 2 aliphatic heterocycles. The van der Waals surface area contributed by atoms with Crippen LogP contribution in [-0.2, 0) is 9.22 Å². The number of imide groups is 1. The lowest BCUT2D eigenvalue weighted by Gasteiger charge is -2.48. The van der Waals surface area contributed by atoms with Crippen LogP contribution < -0.4 is 10.4 Å². The molecule has 0 aliphatic carbocycles. The monoisotopic (exact) mass is 574 g/mol. The number of hydrogen-bond acceptors (Lipinski definition) is 4. The third-order valence-corrected chi connectivity index (χ3v) is 13.5. The van der Waals surface area contributed by atoms with Gasteiger partial charge in [0.15, 0.2) is 0 Å². The van der Waals surface area contributed by atoms with Gasteiger partial charge in [-0.1, -0.05) is 124 Å². The van der Waals surface area contributed by atoms with Gasteiger partial charge in [-0.15, -0.1) is 0 Å². The van der Waals surface area contributed by atoms with Crippen molar-refractivity contribution in [1.82, 2.24) is 9.80 Å². The Morgan fingerprint density at radius 2 is 1.17 bits per heavy atom. The number of carbonyl (C=O) groups is 3. The third-order valence-electron chi connectivity index (χ3n) is 8.51. The smallest absolute Gasteiger partial charge is 0.262 e. The van der Waals surface area contributed by atoms with Gasteiger partial charge >= 0.3 is 0 Å². The average Bonchev–Trinajstić information content (AvgIpc) is 3.25. The largest absolute Gasteiger partial charge is 0.405 e. The van der Waals surface area contributed by atoms with E-state index >= 15 is 0 Å². The van der Waals surface area contributed by atoms with Crippen LogP contribution in [0.4, 0.5) is 0 Å². The first kappa shape index (κ1) is 27.8. The molecule has 0 saturated carbocycles. The molecule has 1 saturated heterocycles. The maximum absolute atomic E-state index is 13.8. The minimum absolute atomic E-state index is 0.224. The van der Waals surface area contributed by atoms with E-state index in [1.54, 1.807) is 29.2 Å². The summed E-state index contributed by atoms with van der Waals surface area (Å²) in [5.41, 5.74) is 1.65. The van der Waals surface area contributed by atoms with Crippen molar-refractivity contribution in [2.75, 3.05) is 13.2 Å². The highest BCUT2D eigenvalue weighted by molar-refractivity contribution is 6.99. The highest BCUT2D eigenvalue weighted by Crippen LogP contribution is 2.39. The molecule has 0 radical (unpaired) electrons. The summed E-state index contributed by atoms with van der Waals surface area (Å²) in [6, 6.07) is 36.2. The standard InChI is InChI=1S/C35H34N2O4Si/c1-35(2,3)42(26-17-9-5-10-18-26,27-19-11-6-12-20-27)41-24-31(25-15-7-4-8-16-25)36-23-30(34(36)40)37-32(38)28-21-13-14-22-29(28)33(37)39/h4-22,30-31H,23-24H2,1-3H3/t30-,31+/m0/s1. The number of benzene rings is 4. The predicted molar refractivity (Wildman–Crippen MR) is 165 cm³/mol. The molecule has 6 nitrogen and oxygen atoms in total. The molecule has 2 aliphatic rings. The van der Waals surface area contributed by atoms with Crippen LogP contribution in [0.15, 0.2) is 115 Å². The Balaban J connectivity index is 1.33. The van der Waals surface area contributed by atoms with Crippen molar-refractivity contribution in [3.8, 4) is 0 Å². The van der Waals surface area contributed by atoms with Crippen molar-refractivity contribution in [2.45, 2.75) is 37.9 Å². The van der Waals surface area contributed by atoms with E-state index in [-0.39, 0.29) is 30.1 Å². The number of β-lactam (4-membered cyclic amide) rings is 1. The Morgan fingerprint density at radius 1 is 0.714 bits per heavy atom. The molecule has 0 spiro atoms. The van der Waals surface area contributed by atoms with E-state index in [2.05, 4.69) is 69.3 Å². The van der Waals surface area contributed by atoms with Gasteiger partial charge in [0.05, 0.1) is 30.3 Å². The van der Waals surface area contributed by atoms with Crippen LogP contribution >= 0.6 is 0 Å². The van der Waals surface area contributed by atoms with Gasteiger partial charge in [-0.3, -0.25) is 19.3 Å². The molecule has 0 aromatic heterocycles. The zero-order valence-corrected chi connectivity index (χ0v) is 25.1. The zero-order chi connectivity index (χ0) is 29.5. The van der Waals surface area contributed by atoms with Crippen LogP contribution in [0, 0.1) is 0 Å². The number of carbonyl (C=O) groups excluding carboxylic acids is 3. The Hall–Kier alpha value is -4.33. The lowest BCUT2D eigenvalue weighted by atomic mass is 9.98. The van der Waals surface area contributed by atoms with Gasteiger partial charge in [0.2, 0.25) is 5.91 Å². The first-order valence-corrected chi connectivity index (χ1v) is 16.2. The van der Waals surface area contributed by atoms with E-state index in [0.29, 0.717) is 11.1 Å². The van der Waals surface area contributed by atoms with Gasteiger partial charge in [0.25, 0.3) is 20.1 Å². The molecule has 3 amide bonds. The van der Waals surface area contributed by atoms with Crippen LogP contribution in [-0.4, -0.2) is 55.0 Å². The maximum atomic E-state index is 13.8. The van der Waals surface area contributed by atoms with Crippen LogP contribution in [0.2, 0.25) is 5.04 Å². The first-order chi connectivity index (χ1) is 20.2. The molecular weight excluding hydrogens is 540 g/mol. The SMILES string of the molecule is CC(C)(C)[Si](OC[C@H](c1ccccc1)N1C[C@H](N2C(=O)c3ccccc3C2=O)C1=O)(c1ccccc1)c1ccccc1.